The molecule has 1 aliphatic rings. The molecule has 1 aromatic heterocycles. The Bertz CT molecular complexity index is 1040. The van der Waals surface area contributed by atoms with Crippen LogP contribution in [0.15, 0.2) is 18.2 Å². The molecule has 1 aromatic carbocycles. The van der Waals surface area contributed by atoms with Gasteiger partial charge in [-0.3, -0.25) is 0 Å². The van der Waals surface area contributed by atoms with Crippen molar-refractivity contribution in [3.63, 3.8) is 0 Å². The number of piperidine rings is 1. The van der Waals surface area contributed by atoms with Crippen LogP contribution in [0.25, 0.3) is 11.0 Å². The highest BCUT2D eigenvalue weighted by Crippen LogP contribution is 2.31. The second-order valence-electron chi connectivity index (χ2n) is 9.14. The number of rotatable bonds is 7. The summed E-state index contributed by atoms with van der Waals surface area (Å²) >= 11 is 0. The number of aromatic nitrogens is 2. The van der Waals surface area contributed by atoms with E-state index >= 15 is 0 Å². The molecule has 3 amide bonds. The summed E-state index contributed by atoms with van der Waals surface area (Å²) in [7, 11) is 0. The SMILES string of the molecule is CCNC(=O)N1CCC(n2c(CNC(=O)OC(C)(C)C)nc3ccc(OCC(=O)O)cc32)CC1. The minimum atomic E-state index is -1.06. The summed E-state index contributed by atoms with van der Waals surface area (Å²) in [6, 6.07) is 5.17. The van der Waals surface area contributed by atoms with Gasteiger partial charge in [-0.25, -0.2) is 19.4 Å². The fraction of sp³-hybridized carbons (Fsp3) is 0.565. The van der Waals surface area contributed by atoms with E-state index in [-0.39, 0.29) is 18.6 Å². The summed E-state index contributed by atoms with van der Waals surface area (Å²) in [5.41, 5.74) is 0.863. The number of urea groups is 1. The number of carboxylic acid groups (broad SMARTS) is 1. The molecule has 11 nitrogen and oxygen atoms in total. The van der Waals surface area contributed by atoms with E-state index in [1.54, 1.807) is 43.9 Å². The zero-order chi connectivity index (χ0) is 24.9. The van der Waals surface area contributed by atoms with Crippen LogP contribution in [0.4, 0.5) is 9.59 Å². The maximum Gasteiger partial charge on any atom is 0.408 e. The van der Waals surface area contributed by atoms with Crippen molar-refractivity contribution in [2.24, 2.45) is 0 Å². The third kappa shape index (κ3) is 6.52. The maximum absolute atomic E-state index is 12.2. The molecular weight excluding hydrogens is 442 g/mol. The molecule has 0 aliphatic carbocycles. The minimum absolute atomic E-state index is 0.0424. The van der Waals surface area contributed by atoms with Crippen LogP contribution in [0.5, 0.6) is 5.75 Å². The van der Waals surface area contributed by atoms with Gasteiger partial charge in [0.2, 0.25) is 0 Å². The molecule has 0 atom stereocenters. The van der Waals surface area contributed by atoms with E-state index < -0.39 is 24.3 Å². The molecule has 34 heavy (non-hydrogen) atoms. The van der Waals surface area contributed by atoms with Gasteiger partial charge in [0.05, 0.1) is 17.6 Å². The molecule has 186 valence electrons. The highest BCUT2D eigenvalue weighted by Gasteiger charge is 2.27. The van der Waals surface area contributed by atoms with E-state index in [1.165, 1.54) is 0 Å². The van der Waals surface area contributed by atoms with Crippen LogP contribution < -0.4 is 15.4 Å². The lowest BCUT2D eigenvalue weighted by Gasteiger charge is -2.33. The smallest absolute Gasteiger partial charge is 0.408 e. The number of nitrogens with one attached hydrogen (secondary N) is 2. The molecule has 0 spiro atoms. The number of hydrogen-bond acceptors (Lipinski definition) is 6. The summed E-state index contributed by atoms with van der Waals surface area (Å²) in [5.74, 6) is 0.00347. The van der Waals surface area contributed by atoms with E-state index in [2.05, 4.69) is 15.2 Å². The molecule has 11 heteroatoms. The standard InChI is InChI=1S/C23H33N5O6/c1-5-24-21(31)27-10-8-15(9-11-27)28-18-12-16(33-14-20(29)30)6-7-17(18)26-19(28)13-25-22(32)34-23(2,3)4/h6-7,12,15H,5,8-11,13-14H2,1-4H3,(H,24,31)(H,25,32)(H,29,30). The van der Waals surface area contributed by atoms with Crippen LogP contribution in [0.3, 0.4) is 0 Å². The van der Waals surface area contributed by atoms with E-state index in [1.807, 2.05) is 6.92 Å². The second-order valence-corrected chi connectivity index (χ2v) is 9.14. The van der Waals surface area contributed by atoms with Gasteiger partial charge < -0.3 is 34.7 Å². The van der Waals surface area contributed by atoms with Gasteiger partial charge in [-0.1, -0.05) is 0 Å². The molecule has 0 radical (unpaired) electrons. The number of carbonyl (C=O) groups excluding carboxylic acids is 2. The molecule has 0 unspecified atom stereocenters. The highest BCUT2D eigenvalue weighted by atomic mass is 16.6. The zero-order valence-corrected chi connectivity index (χ0v) is 20.1. The Hall–Kier alpha value is -3.50. The van der Waals surface area contributed by atoms with Gasteiger partial charge in [0.1, 0.15) is 17.2 Å². The first kappa shape index (κ1) is 25.1. The normalized spacial score (nSPS) is 14.6. The van der Waals surface area contributed by atoms with Gasteiger partial charge >= 0.3 is 18.1 Å². The Morgan fingerprint density at radius 1 is 1.18 bits per heavy atom. The molecule has 2 aromatic rings. The molecule has 2 heterocycles. The number of amides is 3. The number of imidazole rings is 1. The molecule has 1 aliphatic heterocycles. The number of fused-ring (bicyclic) bond motifs is 1. The summed E-state index contributed by atoms with van der Waals surface area (Å²) in [6.45, 7) is 8.73. The fourth-order valence-electron chi connectivity index (χ4n) is 3.95. The van der Waals surface area contributed by atoms with Gasteiger partial charge in [0, 0.05) is 31.7 Å². The number of benzene rings is 1. The van der Waals surface area contributed by atoms with Crippen LogP contribution in [0, 0.1) is 0 Å². The van der Waals surface area contributed by atoms with Crippen molar-refractivity contribution in [1.82, 2.24) is 25.1 Å². The Morgan fingerprint density at radius 2 is 1.88 bits per heavy atom. The quantitative estimate of drug-likeness (QED) is 0.560. The first-order valence-corrected chi connectivity index (χ1v) is 11.4. The van der Waals surface area contributed by atoms with E-state index in [4.69, 9.17) is 19.6 Å². The zero-order valence-electron chi connectivity index (χ0n) is 20.1. The maximum atomic E-state index is 12.2. The number of aliphatic carboxylic acids is 1. The largest absolute Gasteiger partial charge is 0.482 e. The van der Waals surface area contributed by atoms with Crippen molar-refractivity contribution in [3.8, 4) is 5.75 Å². The second kappa shape index (κ2) is 10.6. The van der Waals surface area contributed by atoms with Crippen molar-refractivity contribution in [1.29, 1.82) is 0 Å². The summed E-state index contributed by atoms with van der Waals surface area (Å²) in [6.07, 6.45) is 0.882. The molecular formula is C23H33N5O6. The van der Waals surface area contributed by atoms with Gasteiger partial charge in [0.25, 0.3) is 0 Å². The fourth-order valence-corrected chi connectivity index (χ4v) is 3.95. The van der Waals surface area contributed by atoms with Crippen LogP contribution in [0.2, 0.25) is 0 Å². The minimum Gasteiger partial charge on any atom is -0.482 e. The molecule has 0 saturated carbocycles. The monoisotopic (exact) mass is 475 g/mol. The highest BCUT2D eigenvalue weighted by molar-refractivity contribution is 5.79. The molecule has 3 rings (SSSR count). The number of ether oxygens (including phenoxy) is 2. The van der Waals surface area contributed by atoms with Crippen molar-refractivity contribution in [2.75, 3.05) is 26.2 Å². The number of likely N-dealkylation sites (tertiary alicyclic amines) is 1. The summed E-state index contributed by atoms with van der Waals surface area (Å²) in [4.78, 5) is 41.8. The van der Waals surface area contributed by atoms with Crippen molar-refractivity contribution in [3.05, 3.63) is 24.0 Å². The van der Waals surface area contributed by atoms with Crippen LogP contribution in [-0.2, 0) is 16.1 Å². The lowest BCUT2D eigenvalue weighted by Crippen LogP contribution is -2.44. The van der Waals surface area contributed by atoms with Crippen molar-refractivity contribution >= 4 is 29.1 Å². The number of nitrogens with zero attached hydrogens (tertiary/aromatic N) is 3. The number of carbonyl (C=O) groups is 3. The summed E-state index contributed by atoms with van der Waals surface area (Å²) < 4.78 is 12.8. The molecule has 0 bridgehead atoms. The lowest BCUT2D eigenvalue weighted by atomic mass is 10.0. The predicted octanol–water partition coefficient (Wildman–Crippen LogP) is 2.89. The predicted molar refractivity (Wildman–Crippen MR) is 125 cm³/mol. The van der Waals surface area contributed by atoms with Crippen molar-refractivity contribution in [2.45, 2.75) is 58.7 Å². The van der Waals surface area contributed by atoms with Gasteiger partial charge in [-0.15, -0.1) is 0 Å². The van der Waals surface area contributed by atoms with Crippen molar-refractivity contribution < 1.29 is 29.0 Å². The van der Waals surface area contributed by atoms with Gasteiger partial charge in [-0.05, 0) is 52.7 Å². The number of hydrogen-bond donors (Lipinski definition) is 3. The van der Waals surface area contributed by atoms with Gasteiger partial charge in [0.15, 0.2) is 6.61 Å². The average molecular weight is 476 g/mol. The molecule has 1 fully saturated rings. The summed E-state index contributed by atoms with van der Waals surface area (Å²) in [5, 5.41) is 14.5. The van der Waals surface area contributed by atoms with E-state index in [0.29, 0.717) is 49.6 Å². The van der Waals surface area contributed by atoms with Crippen LogP contribution in [0.1, 0.15) is 52.4 Å². The number of carboxylic acids is 1. The Morgan fingerprint density at radius 3 is 2.50 bits per heavy atom. The Kier molecular flexibility index (Phi) is 7.85. The average Bonchev–Trinajstić information content (AvgIpc) is 3.13. The third-order valence-corrected chi connectivity index (χ3v) is 5.33. The van der Waals surface area contributed by atoms with Crippen LogP contribution in [-0.4, -0.2) is 69.5 Å². The number of alkyl carbamates (subject to hydrolysis) is 1. The topological polar surface area (TPSA) is 135 Å². The first-order valence-electron chi connectivity index (χ1n) is 11.4. The van der Waals surface area contributed by atoms with Crippen LogP contribution >= 0.6 is 0 Å². The van der Waals surface area contributed by atoms with E-state index in [0.717, 1.165) is 5.52 Å². The van der Waals surface area contributed by atoms with E-state index in [9.17, 15) is 14.4 Å². The first-order chi connectivity index (χ1) is 16.1. The Balaban J connectivity index is 1.86. The lowest BCUT2D eigenvalue weighted by molar-refractivity contribution is -0.139. The third-order valence-electron chi connectivity index (χ3n) is 5.33. The molecule has 1 saturated heterocycles. The van der Waals surface area contributed by atoms with Gasteiger partial charge in [-0.2, -0.15) is 0 Å². The Labute approximate surface area is 198 Å². The molecule has 3 N–H and O–H groups in total.